The Morgan fingerprint density at radius 2 is 1.87 bits per heavy atom. The first kappa shape index (κ1) is 21.3. The largest absolute Gasteiger partial charge is 0.465 e. The Balaban J connectivity index is 1.47. The summed E-state index contributed by atoms with van der Waals surface area (Å²) in [5, 5.41) is 0. The molecule has 4 heterocycles. The zero-order valence-corrected chi connectivity index (χ0v) is 16.4. The molecule has 0 saturated carbocycles. The molecule has 8 atom stereocenters. The van der Waals surface area contributed by atoms with Crippen LogP contribution in [-0.2, 0) is 42.8 Å². The van der Waals surface area contributed by atoms with Gasteiger partial charge in [0.15, 0.2) is 29.7 Å². The van der Waals surface area contributed by atoms with E-state index in [1.54, 1.807) is 0 Å². The van der Waals surface area contributed by atoms with Crippen molar-refractivity contribution in [1.29, 1.82) is 0 Å². The third kappa shape index (κ3) is 2.99. The van der Waals surface area contributed by atoms with Crippen LogP contribution in [0.5, 0.6) is 0 Å². The molecule has 0 bridgehead atoms. The fourth-order valence-electron chi connectivity index (χ4n) is 4.07. The smallest absolute Gasteiger partial charge is 0.404 e. The van der Waals surface area contributed by atoms with E-state index in [-0.39, 0.29) is 6.61 Å². The third-order valence-electron chi connectivity index (χ3n) is 6.30. The van der Waals surface area contributed by atoms with Crippen molar-refractivity contribution >= 4 is 17.9 Å². The molecule has 9 nitrogen and oxygen atoms in total. The molecule has 0 aromatic rings. The van der Waals surface area contributed by atoms with Crippen LogP contribution in [0.2, 0.25) is 0 Å². The topological polar surface area (TPSA) is 107 Å². The average Bonchev–Trinajstić information content (AvgIpc) is 3.37. The van der Waals surface area contributed by atoms with Crippen LogP contribution < -0.4 is 0 Å². The number of ether oxygens (including phenoxy) is 6. The van der Waals surface area contributed by atoms with Crippen LogP contribution in [0.4, 0.5) is 13.2 Å². The molecular weight excluding hydrogens is 417 g/mol. The third-order valence-corrected chi connectivity index (χ3v) is 6.30. The molecule has 4 saturated heterocycles. The summed E-state index contributed by atoms with van der Waals surface area (Å²) in [5.74, 6) is -5.19. The summed E-state index contributed by atoms with van der Waals surface area (Å²) in [5.41, 5.74) is -2.78. The summed E-state index contributed by atoms with van der Waals surface area (Å²) < 4.78 is 72.2. The van der Waals surface area contributed by atoms with Crippen molar-refractivity contribution in [3.8, 4) is 0 Å². The lowest BCUT2D eigenvalue weighted by Gasteiger charge is -2.30. The van der Waals surface area contributed by atoms with Gasteiger partial charge >= 0.3 is 24.1 Å². The first-order valence-corrected chi connectivity index (χ1v) is 9.57. The number of carbonyl (C=O) groups excluding carboxylic acids is 3. The van der Waals surface area contributed by atoms with Crippen LogP contribution >= 0.6 is 0 Å². The van der Waals surface area contributed by atoms with E-state index in [1.807, 2.05) is 0 Å². The van der Waals surface area contributed by atoms with Gasteiger partial charge in [-0.15, -0.1) is 0 Å². The van der Waals surface area contributed by atoms with Gasteiger partial charge in [0.25, 0.3) is 0 Å². The fourth-order valence-corrected chi connectivity index (χ4v) is 4.07. The van der Waals surface area contributed by atoms with Crippen molar-refractivity contribution in [2.24, 2.45) is 11.3 Å². The maximum atomic E-state index is 13.3. The number of carbonyl (C=O) groups is 3. The van der Waals surface area contributed by atoms with E-state index in [1.165, 1.54) is 13.8 Å². The Bertz CT molecular complexity index is 770. The lowest BCUT2D eigenvalue weighted by atomic mass is 9.87. The van der Waals surface area contributed by atoms with Crippen molar-refractivity contribution < 1.29 is 56.0 Å². The van der Waals surface area contributed by atoms with Gasteiger partial charge in [0, 0.05) is 6.42 Å². The second-order valence-corrected chi connectivity index (χ2v) is 8.10. The van der Waals surface area contributed by atoms with Crippen LogP contribution in [0.3, 0.4) is 0 Å². The van der Waals surface area contributed by atoms with E-state index < -0.39 is 78.3 Å². The zero-order valence-electron chi connectivity index (χ0n) is 16.4. The van der Waals surface area contributed by atoms with Gasteiger partial charge in [-0.1, -0.05) is 6.92 Å². The standard InChI is InChI=1S/C18H21F3O9/c1-4-16(2,18(19,20)21)15(24)28-10-8-9(26-13(10)23)11-14(27-8)30-17(3,29-11)7-5-6-25-12(7)22/h7-11,14H,4-6H2,1-3H3. The minimum Gasteiger partial charge on any atom is -0.465 e. The molecule has 0 aliphatic carbocycles. The summed E-state index contributed by atoms with van der Waals surface area (Å²) in [6.45, 7) is 3.65. The lowest BCUT2D eigenvalue weighted by molar-refractivity contribution is -0.251. The Kier molecular flexibility index (Phi) is 4.83. The van der Waals surface area contributed by atoms with Gasteiger partial charge in [0.1, 0.15) is 12.0 Å². The minimum atomic E-state index is -4.86. The Morgan fingerprint density at radius 3 is 2.43 bits per heavy atom. The summed E-state index contributed by atoms with van der Waals surface area (Å²) >= 11 is 0. The van der Waals surface area contributed by atoms with Gasteiger partial charge in [-0.2, -0.15) is 13.2 Å². The predicted octanol–water partition coefficient (Wildman–Crippen LogP) is 1.22. The van der Waals surface area contributed by atoms with Crippen LogP contribution in [0.25, 0.3) is 0 Å². The maximum absolute atomic E-state index is 13.3. The molecular formula is C18H21F3O9. The van der Waals surface area contributed by atoms with Gasteiger partial charge in [0.2, 0.25) is 6.10 Å². The molecule has 30 heavy (non-hydrogen) atoms. The molecule has 8 unspecified atom stereocenters. The summed E-state index contributed by atoms with van der Waals surface area (Å²) in [6.07, 6.45) is -11.0. The van der Waals surface area contributed by atoms with E-state index in [4.69, 9.17) is 28.4 Å². The summed E-state index contributed by atoms with van der Waals surface area (Å²) in [4.78, 5) is 36.4. The molecule has 4 fully saturated rings. The van der Waals surface area contributed by atoms with Gasteiger partial charge in [-0.25, -0.2) is 4.79 Å². The highest BCUT2D eigenvalue weighted by Gasteiger charge is 2.68. The molecule has 0 radical (unpaired) electrons. The van der Waals surface area contributed by atoms with E-state index in [0.29, 0.717) is 13.3 Å². The number of alkyl halides is 3. The minimum absolute atomic E-state index is 0.219. The van der Waals surface area contributed by atoms with E-state index in [0.717, 1.165) is 0 Å². The first-order chi connectivity index (χ1) is 13.9. The maximum Gasteiger partial charge on any atom is 0.404 e. The number of rotatable bonds is 4. The van der Waals surface area contributed by atoms with Crippen molar-refractivity contribution in [3.05, 3.63) is 0 Å². The Labute approximate surface area is 169 Å². The SMILES string of the molecule is CCC(C)(C(=O)OC1C(=O)OC2C3OC(C)(C4CCOC4=O)OC3OC12)C(F)(F)F. The van der Waals surface area contributed by atoms with E-state index in [2.05, 4.69) is 0 Å². The fraction of sp³-hybridized carbons (Fsp3) is 0.833. The molecule has 12 heteroatoms. The van der Waals surface area contributed by atoms with Crippen LogP contribution in [0.1, 0.15) is 33.6 Å². The molecule has 0 aromatic heterocycles. The second kappa shape index (κ2) is 6.79. The summed E-state index contributed by atoms with van der Waals surface area (Å²) in [6, 6.07) is 0. The number of hydrogen-bond donors (Lipinski definition) is 0. The molecule has 0 N–H and O–H groups in total. The molecule has 0 spiro atoms. The molecule has 4 aliphatic rings. The number of halogens is 3. The van der Waals surface area contributed by atoms with Gasteiger partial charge in [0.05, 0.1) is 6.61 Å². The van der Waals surface area contributed by atoms with Crippen molar-refractivity contribution in [3.63, 3.8) is 0 Å². The van der Waals surface area contributed by atoms with Gasteiger partial charge < -0.3 is 28.4 Å². The highest BCUT2D eigenvalue weighted by atomic mass is 19.4. The number of hydrogen-bond acceptors (Lipinski definition) is 9. The van der Waals surface area contributed by atoms with Crippen LogP contribution in [0, 0.1) is 11.3 Å². The lowest BCUT2D eigenvalue weighted by Crippen LogP contribution is -2.47. The normalized spacial score (nSPS) is 42.3. The second-order valence-electron chi connectivity index (χ2n) is 8.10. The zero-order chi connectivity index (χ0) is 22.1. The van der Waals surface area contributed by atoms with E-state index in [9.17, 15) is 27.6 Å². The van der Waals surface area contributed by atoms with Crippen molar-refractivity contribution in [2.75, 3.05) is 6.61 Å². The summed E-state index contributed by atoms with van der Waals surface area (Å²) in [7, 11) is 0. The first-order valence-electron chi connectivity index (χ1n) is 9.57. The predicted molar refractivity (Wildman–Crippen MR) is 86.3 cm³/mol. The molecule has 4 aliphatic heterocycles. The van der Waals surface area contributed by atoms with E-state index >= 15 is 0 Å². The Hall–Kier alpha value is -1.92. The molecule has 4 rings (SSSR count). The Morgan fingerprint density at radius 1 is 1.17 bits per heavy atom. The number of fused-ring (bicyclic) bond motifs is 3. The number of cyclic esters (lactones) is 1. The monoisotopic (exact) mass is 438 g/mol. The van der Waals surface area contributed by atoms with Crippen LogP contribution in [-0.4, -0.2) is 67.2 Å². The number of esters is 3. The van der Waals surface area contributed by atoms with Gasteiger partial charge in [-0.3, -0.25) is 9.59 Å². The molecule has 168 valence electrons. The average molecular weight is 438 g/mol. The van der Waals surface area contributed by atoms with Crippen LogP contribution in [0.15, 0.2) is 0 Å². The van der Waals surface area contributed by atoms with Gasteiger partial charge in [-0.05, 0) is 20.3 Å². The van der Waals surface area contributed by atoms with Crippen molar-refractivity contribution in [2.45, 2.75) is 76.3 Å². The molecule has 0 amide bonds. The highest BCUT2D eigenvalue weighted by Crippen LogP contribution is 2.48. The molecule has 0 aromatic carbocycles. The van der Waals surface area contributed by atoms with Crippen molar-refractivity contribution in [1.82, 2.24) is 0 Å². The quantitative estimate of drug-likeness (QED) is 0.473. The highest BCUT2D eigenvalue weighted by molar-refractivity contribution is 5.84.